The molecule has 1 amide bonds. The van der Waals surface area contributed by atoms with Crippen LogP contribution in [0.15, 0.2) is 18.2 Å². The second-order valence-corrected chi connectivity index (χ2v) is 5.36. The normalized spacial score (nSPS) is 21.4. The van der Waals surface area contributed by atoms with Crippen LogP contribution in [-0.2, 0) is 9.47 Å². The number of nitrogens with zero attached hydrogens (tertiary/aromatic N) is 1. The second kappa shape index (κ2) is 5.14. The molecule has 0 aromatic heterocycles. The van der Waals surface area contributed by atoms with E-state index in [2.05, 4.69) is 0 Å². The van der Waals surface area contributed by atoms with Crippen LogP contribution in [0.25, 0.3) is 0 Å². The summed E-state index contributed by atoms with van der Waals surface area (Å²) in [5, 5.41) is 0. The average molecular weight is 279 g/mol. The van der Waals surface area contributed by atoms with E-state index >= 15 is 0 Å². The fourth-order valence-corrected chi connectivity index (χ4v) is 2.74. The third kappa shape index (κ3) is 2.43. The van der Waals surface area contributed by atoms with Gasteiger partial charge in [0, 0.05) is 31.5 Å². The maximum Gasteiger partial charge on any atom is 0.253 e. The molecule has 0 aliphatic carbocycles. The number of hydrogen-bond acceptors (Lipinski definition) is 3. The number of carbonyl (C=O) groups is 1. The number of ether oxygens (including phenoxy) is 2. The summed E-state index contributed by atoms with van der Waals surface area (Å²) in [7, 11) is 0. The Bertz CT molecular complexity index is 516. The number of rotatable bonds is 1. The number of benzene rings is 1. The van der Waals surface area contributed by atoms with Gasteiger partial charge in [-0.15, -0.1) is 0 Å². The number of amides is 1. The van der Waals surface area contributed by atoms with Gasteiger partial charge in [-0.05, 0) is 24.6 Å². The highest BCUT2D eigenvalue weighted by atomic mass is 19.1. The molecule has 3 rings (SSSR count). The van der Waals surface area contributed by atoms with Crippen molar-refractivity contribution in [2.24, 2.45) is 0 Å². The van der Waals surface area contributed by atoms with Crippen LogP contribution in [0.3, 0.4) is 0 Å². The molecule has 0 atom stereocenters. The van der Waals surface area contributed by atoms with Crippen molar-refractivity contribution in [3.63, 3.8) is 0 Å². The van der Waals surface area contributed by atoms with Crippen molar-refractivity contribution in [1.82, 2.24) is 4.90 Å². The van der Waals surface area contributed by atoms with E-state index in [1.807, 2.05) is 0 Å². The number of piperidine rings is 1. The highest BCUT2D eigenvalue weighted by Crippen LogP contribution is 2.31. The summed E-state index contributed by atoms with van der Waals surface area (Å²) in [4.78, 5) is 14.1. The lowest BCUT2D eigenvalue weighted by Crippen LogP contribution is -2.47. The largest absolute Gasteiger partial charge is 0.347 e. The zero-order valence-electron chi connectivity index (χ0n) is 11.5. The van der Waals surface area contributed by atoms with Gasteiger partial charge in [-0.2, -0.15) is 0 Å². The lowest BCUT2D eigenvalue weighted by atomic mass is 10.0. The van der Waals surface area contributed by atoms with Crippen LogP contribution in [-0.4, -0.2) is 42.9 Å². The van der Waals surface area contributed by atoms with Crippen molar-refractivity contribution in [2.75, 3.05) is 26.3 Å². The molecule has 0 radical (unpaired) electrons. The summed E-state index contributed by atoms with van der Waals surface area (Å²) in [5.74, 6) is -0.960. The topological polar surface area (TPSA) is 38.8 Å². The van der Waals surface area contributed by atoms with Crippen LogP contribution < -0.4 is 0 Å². The average Bonchev–Trinajstić information content (AvgIpc) is 2.90. The third-order valence-electron chi connectivity index (χ3n) is 4.04. The van der Waals surface area contributed by atoms with Crippen molar-refractivity contribution in [3.05, 3.63) is 35.1 Å². The molecule has 1 spiro atoms. The van der Waals surface area contributed by atoms with Crippen LogP contribution in [0.4, 0.5) is 4.39 Å². The molecule has 5 heteroatoms. The molecule has 0 saturated carbocycles. The van der Waals surface area contributed by atoms with Crippen molar-refractivity contribution < 1.29 is 18.7 Å². The predicted octanol–water partition coefficient (Wildman–Crippen LogP) is 2.11. The van der Waals surface area contributed by atoms with Gasteiger partial charge in [-0.1, -0.05) is 6.07 Å². The van der Waals surface area contributed by atoms with Crippen LogP contribution in [0.5, 0.6) is 0 Å². The van der Waals surface area contributed by atoms with Gasteiger partial charge < -0.3 is 14.4 Å². The molecule has 2 fully saturated rings. The zero-order valence-corrected chi connectivity index (χ0v) is 11.5. The van der Waals surface area contributed by atoms with E-state index in [1.54, 1.807) is 24.0 Å². The Morgan fingerprint density at radius 2 is 1.90 bits per heavy atom. The Balaban J connectivity index is 1.68. The minimum atomic E-state index is -0.491. The van der Waals surface area contributed by atoms with Gasteiger partial charge in [0.15, 0.2) is 5.79 Å². The fourth-order valence-electron chi connectivity index (χ4n) is 2.74. The highest BCUT2D eigenvalue weighted by molar-refractivity contribution is 5.94. The molecule has 108 valence electrons. The summed E-state index contributed by atoms with van der Waals surface area (Å²) < 4.78 is 24.8. The molecule has 20 heavy (non-hydrogen) atoms. The van der Waals surface area contributed by atoms with Gasteiger partial charge in [0.2, 0.25) is 0 Å². The zero-order chi connectivity index (χ0) is 14.2. The molecular weight excluding hydrogens is 261 g/mol. The predicted molar refractivity (Wildman–Crippen MR) is 70.9 cm³/mol. The SMILES string of the molecule is Cc1ccc(C(=O)N2CCC3(CC2)OCCO3)cc1F. The number of likely N-dealkylation sites (tertiary alicyclic amines) is 1. The molecule has 0 bridgehead atoms. The van der Waals surface area contributed by atoms with Gasteiger partial charge >= 0.3 is 0 Å². The molecule has 4 nitrogen and oxygen atoms in total. The molecule has 1 aromatic carbocycles. The Kier molecular flexibility index (Phi) is 3.48. The first-order chi connectivity index (χ1) is 9.60. The minimum Gasteiger partial charge on any atom is -0.347 e. The number of hydrogen-bond donors (Lipinski definition) is 0. The molecular formula is C15H18FNO3. The molecule has 2 aliphatic heterocycles. The number of halogens is 1. The van der Waals surface area contributed by atoms with E-state index in [1.165, 1.54) is 6.07 Å². The Labute approximate surface area is 117 Å². The number of carbonyl (C=O) groups excluding carboxylic acids is 1. The highest BCUT2D eigenvalue weighted by Gasteiger charge is 2.40. The quantitative estimate of drug-likeness (QED) is 0.790. The van der Waals surface area contributed by atoms with Gasteiger partial charge in [0.05, 0.1) is 13.2 Å². The van der Waals surface area contributed by atoms with Gasteiger partial charge in [-0.25, -0.2) is 4.39 Å². The summed E-state index contributed by atoms with van der Waals surface area (Å²) in [6.45, 7) is 4.08. The van der Waals surface area contributed by atoms with Gasteiger partial charge in [0.25, 0.3) is 5.91 Å². The van der Waals surface area contributed by atoms with Crippen molar-refractivity contribution in [2.45, 2.75) is 25.6 Å². The summed E-state index contributed by atoms with van der Waals surface area (Å²) in [6.07, 6.45) is 1.35. The maximum absolute atomic E-state index is 13.5. The molecule has 2 aliphatic rings. The third-order valence-corrected chi connectivity index (χ3v) is 4.04. The van der Waals surface area contributed by atoms with E-state index in [4.69, 9.17) is 9.47 Å². The van der Waals surface area contributed by atoms with E-state index in [0.717, 1.165) is 0 Å². The number of aryl methyl sites for hydroxylation is 1. The molecule has 0 unspecified atom stereocenters. The van der Waals surface area contributed by atoms with Gasteiger partial charge in [0.1, 0.15) is 5.82 Å². The van der Waals surface area contributed by atoms with E-state index in [-0.39, 0.29) is 11.7 Å². The summed E-state index contributed by atoms with van der Waals surface area (Å²) in [6, 6.07) is 4.62. The molecule has 1 aromatic rings. The summed E-state index contributed by atoms with van der Waals surface area (Å²) in [5.41, 5.74) is 0.948. The molecule has 2 saturated heterocycles. The van der Waals surface area contributed by atoms with Crippen molar-refractivity contribution in [3.8, 4) is 0 Å². The van der Waals surface area contributed by atoms with Crippen LogP contribution in [0.2, 0.25) is 0 Å². The smallest absolute Gasteiger partial charge is 0.253 e. The van der Waals surface area contributed by atoms with Crippen LogP contribution >= 0.6 is 0 Å². The van der Waals surface area contributed by atoms with Crippen LogP contribution in [0.1, 0.15) is 28.8 Å². The summed E-state index contributed by atoms with van der Waals surface area (Å²) >= 11 is 0. The van der Waals surface area contributed by atoms with Crippen molar-refractivity contribution in [1.29, 1.82) is 0 Å². The Morgan fingerprint density at radius 3 is 2.50 bits per heavy atom. The van der Waals surface area contributed by atoms with Crippen LogP contribution in [0, 0.1) is 12.7 Å². The first-order valence-electron chi connectivity index (χ1n) is 6.93. The second-order valence-electron chi connectivity index (χ2n) is 5.36. The van der Waals surface area contributed by atoms with Gasteiger partial charge in [-0.3, -0.25) is 4.79 Å². The van der Waals surface area contributed by atoms with Crippen molar-refractivity contribution >= 4 is 5.91 Å². The molecule has 2 heterocycles. The Morgan fingerprint density at radius 1 is 1.25 bits per heavy atom. The Hall–Kier alpha value is -1.46. The fraction of sp³-hybridized carbons (Fsp3) is 0.533. The lowest BCUT2D eigenvalue weighted by Gasteiger charge is -2.37. The van der Waals surface area contributed by atoms with E-state index in [9.17, 15) is 9.18 Å². The maximum atomic E-state index is 13.5. The first kappa shape index (κ1) is 13.5. The van der Waals surface area contributed by atoms with E-state index < -0.39 is 5.79 Å². The first-order valence-corrected chi connectivity index (χ1v) is 6.93. The molecule has 0 N–H and O–H groups in total. The van der Waals surface area contributed by atoms with E-state index in [0.29, 0.717) is 50.3 Å². The minimum absolute atomic E-state index is 0.128. The standard InChI is InChI=1S/C15H18FNO3/c1-11-2-3-12(10-13(11)16)14(18)17-6-4-15(5-7-17)19-8-9-20-15/h2-3,10H,4-9H2,1H3. The monoisotopic (exact) mass is 279 g/mol. The lowest BCUT2D eigenvalue weighted by molar-refractivity contribution is -0.181.